The van der Waals surface area contributed by atoms with Gasteiger partial charge in [-0.05, 0) is 12.1 Å². The Labute approximate surface area is 96.4 Å². The molecule has 0 bridgehead atoms. The summed E-state index contributed by atoms with van der Waals surface area (Å²) in [6, 6.07) is 6.08. The third-order valence-corrected chi connectivity index (χ3v) is 2.18. The van der Waals surface area contributed by atoms with E-state index >= 15 is 0 Å². The Morgan fingerprint density at radius 3 is 2.94 bits per heavy atom. The van der Waals surface area contributed by atoms with Crippen LogP contribution in [0.2, 0.25) is 0 Å². The number of methoxy groups -OCH3 is 1. The van der Waals surface area contributed by atoms with Gasteiger partial charge in [0.15, 0.2) is 0 Å². The van der Waals surface area contributed by atoms with E-state index in [0.29, 0.717) is 15.9 Å². The van der Waals surface area contributed by atoms with Crippen LogP contribution in [0.1, 0.15) is 0 Å². The van der Waals surface area contributed by atoms with Gasteiger partial charge in [0.25, 0.3) is 0 Å². The number of para-hydroxylation sites is 2. The molecule has 0 amide bonds. The minimum absolute atomic E-state index is 0.157. The van der Waals surface area contributed by atoms with Gasteiger partial charge in [0.05, 0.1) is 16.1 Å². The Bertz CT molecular complexity index is 581. The van der Waals surface area contributed by atoms with Gasteiger partial charge in [0, 0.05) is 7.11 Å². The quantitative estimate of drug-likeness (QED) is 0.565. The highest BCUT2D eigenvalue weighted by atomic mass is 16.5. The molecule has 7 nitrogen and oxygen atoms in total. The molecule has 1 aromatic heterocycles. The number of hydrogen-bond donors (Lipinski definition) is 0. The summed E-state index contributed by atoms with van der Waals surface area (Å²) < 4.78 is 10.3. The van der Waals surface area contributed by atoms with E-state index in [9.17, 15) is 10.1 Å². The fourth-order valence-electron chi connectivity index (χ4n) is 1.38. The Hall–Kier alpha value is -2.15. The van der Waals surface area contributed by atoms with Crippen LogP contribution < -0.4 is 9.16 Å². The lowest BCUT2D eigenvalue weighted by atomic mass is 10.3. The van der Waals surface area contributed by atoms with Gasteiger partial charge < -0.3 is 14.7 Å². The fraction of sp³-hybridized carbons (Fsp3) is 0.300. The van der Waals surface area contributed by atoms with Crippen LogP contribution in [0.25, 0.3) is 11.0 Å². The van der Waals surface area contributed by atoms with Crippen LogP contribution in [0, 0.1) is 10.1 Å². The van der Waals surface area contributed by atoms with E-state index in [0.717, 1.165) is 0 Å². The van der Waals surface area contributed by atoms with Crippen LogP contribution in [0.3, 0.4) is 0 Å². The van der Waals surface area contributed by atoms with Crippen molar-refractivity contribution in [3.63, 3.8) is 0 Å². The zero-order valence-corrected chi connectivity index (χ0v) is 9.20. The van der Waals surface area contributed by atoms with Gasteiger partial charge in [-0.25, -0.2) is 0 Å². The summed E-state index contributed by atoms with van der Waals surface area (Å²) in [4.78, 5) is 12.2. The average Bonchev–Trinajstić information content (AvgIpc) is 2.36. The van der Waals surface area contributed by atoms with Gasteiger partial charge >= 0.3 is 6.01 Å². The smallest absolute Gasteiger partial charge is 0.565 e. The zero-order valence-electron chi connectivity index (χ0n) is 9.20. The number of benzene rings is 1. The molecule has 0 N–H and O–H groups in total. The van der Waals surface area contributed by atoms with E-state index in [-0.39, 0.29) is 23.7 Å². The van der Waals surface area contributed by atoms with E-state index in [1.165, 1.54) is 19.2 Å². The van der Waals surface area contributed by atoms with Gasteiger partial charge in [-0.1, -0.05) is 17.0 Å². The van der Waals surface area contributed by atoms with Crippen LogP contribution in [0.15, 0.2) is 24.3 Å². The van der Waals surface area contributed by atoms with Crippen molar-refractivity contribution in [1.82, 2.24) is 9.94 Å². The number of ether oxygens (including phenoxy) is 2. The first kappa shape index (κ1) is 11.3. The van der Waals surface area contributed by atoms with E-state index in [1.54, 1.807) is 12.1 Å². The standard InChI is InChI=1S/C10H11N3O4/c1-16-6-7-17-10-11-13(15)9-5-3-2-4-8(9)12(10)14/h2-5H,6-7H2,1H3. The molecule has 0 aliphatic heterocycles. The lowest BCUT2D eigenvalue weighted by Gasteiger charge is -2.05. The minimum Gasteiger partial charge on any atom is -0.772 e. The summed E-state index contributed by atoms with van der Waals surface area (Å²) in [6.45, 7) is 0.470. The van der Waals surface area contributed by atoms with Crippen molar-refractivity contribution in [3.8, 4) is 6.01 Å². The van der Waals surface area contributed by atoms with E-state index < -0.39 is 0 Å². The molecule has 0 saturated carbocycles. The topological polar surface area (TPSA) is 82.3 Å². The second kappa shape index (κ2) is 4.79. The number of aromatic nitrogens is 3. The van der Waals surface area contributed by atoms with Crippen LogP contribution in [0.4, 0.5) is 0 Å². The summed E-state index contributed by atoms with van der Waals surface area (Å²) in [5.41, 5.74) is 0.409. The van der Waals surface area contributed by atoms with Crippen LogP contribution >= 0.6 is 0 Å². The Balaban J connectivity index is 2.44. The molecule has 0 unspecified atom stereocenters. The summed E-state index contributed by atoms with van der Waals surface area (Å²) in [5, 5.41) is 15.0. The number of nitrogens with zero attached hydrogens (tertiary/aromatic N) is 3. The normalized spacial score (nSPS) is 10.6. The zero-order chi connectivity index (χ0) is 12.3. The van der Waals surface area contributed by atoms with Crippen molar-refractivity contribution in [1.29, 1.82) is 0 Å². The summed E-state index contributed by atoms with van der Waals surface area (Å²) in [6.07, 6.45) is 0. The highest BCUT2D eigenvalue weighted by molar-refractivity contribution is 5.70. The van der Waals surface area contributed by atoms with E-state index in [2.05, 4.69) is 5.10 Å². The van der Waals surface area contributed by atoms with Gasteiger partial charge in [-0.2, -0.15) is 4.85 Å². The molecule has 0 fully saturated rings. The van der Waals surface area contributed by atoms with Crippen LogP contribution in [0.5, 0.6) is 6.01 Å². The minimum atomic E-state index is -0.282. The highest BCUT2D eigenvalue weighted by Crippen LogP contribution is 2.09. The molecule has 0 saturated heterocycles. The second-order valence-electron chi connectivity index (χ2n) is 3.28. The third-order valence-electron chi connectivity index (χ3n) is 2.18. The summed E-state index contributed by atoms with van der Waals surface area (Å²) in [5.74, 6) is 0. The largest absolute Gasteiger partial charge is 0.772 e. The molecule has 0 aliphatic rings. The van der Waals surface area contributed by atoms with Gasteiger partial charge in [0.2, 0.25) is 5.52 Å². The maximum absolute atomic E-state index is 11.8. The number of fused-ring (bicyclic) bond motifs is 1. The van der Waals surface area contributed by atoms with E-state index in [4.69, 9.17) is 9.47 Å². The Kier molecular flexibility index (Phi) is 3.20. The molecule has 2 aromatic rings. The summed E-state index contributed by atoms with van der Waals surface area (Å²) in [7, 11) is 1.51. The van der Waals surface area contributed by atoms with Crippen molar-refractivity contribution >= 4 is 11.0 Å². The van der Waals surface area contributed by atoms with Gasteiger partial charge in [0.1, 0.15) is 12.1 Å². The molecule has 0 radical (unpaired) electrons. The summed E-state index contributed by atoms with van der Waals surface area (Å²) >= 11 is 0. The first-order chi connectivity index (χ1) is 8.24. The second-order valence-corrected chi connectivity index (χ2v) is 3.28. The molecule has 2 rings (SSSR count). The third kappa shape index (κ3) is 2.18. The van der Waals surface area contributed by atoms with Crippen molar-refractivity contribution < 1.29 is 13.9 Å². The maximum atomic E-state index is 11.8. The molecule has 1 aromatic carbocycles. The Morgan fingerprint density at radius 2 is 2.18 bits per heavy atom. The lowest BCUT2D eigenvalue weighted by molar-refractivity contribution is -0.482. The first-order valence-corrected chi connectivity index (χ1v) is 4.98. The maximum Gasteiger partial charge on any atom is 0.565 e. The fourth-order valence-corrected chi connectivity index (χ4v) is 1.38. The lowest BCUT2D eigenvalue weighted by Crippen LogP contribution is -2.25. The van der Waals surface area contributed by atoms with Gasteiger partial charge in [-0.3, -0.25) is 0 Å². The Morgan fingerprint density at radius 1 is 1.41 bits per heavy atom. The molecule has 0 atom stereocenters. The molecular formula is C10H11N3O4. The van der Waals surface area contributed by atoms with Crippen LogP contribution in [-0.2, 0) is 4.74 Å². The number of rotatable bonds is 4. The van der Waals surface area contributed by atoms with Crippen molar-refractivity contribution in [2.24, 2.45) is 0 Å². The SMILES string of the molecule is COCCOc1nn([O-])c2ccccc2[n+]1=O. The molecule has 0 spiro atoms. The molecule has 17 heavy (non-hydrogen) atoms. The number of hydrogen-bond acceptors (Lipinski definition) is 5. The molecule has 1 heterocycles. The molecule has 90 valence electrons. The van der Waals surface area contributed by atoms with Crippen molar-refractivity contribution in [2.75, 3.05) is 20.3 Å². The molecule has 0 aliphatic carbocycles. The highest BCUT2D eigenvalue weighted by Gasteiger charge is 2.17. The van der Waals surface area contributed by atoms with Gasteiger partial charge in [-0.15, -0.1) is 0 Å². The van der Waals surface area contributed by atoms with Crippen molar-refractivity contribution in [2.45, 2.75) is 0 Å². The first-order valence-electron chi connectivity index (χ1n) is 4.98. The average molecular weight is 237 g/mol. The monoisotopic (exact) mass is 237 g/mol. The van der Waals surface area contributed by atoms with E-state index in [1.807, 2.05) is 0 Å². The predicted molar refractivity (Wildman–Crippen MR) is 59.2 cm³/mol. The molecular weight excluding hydrogens is 226 g/mol. The van der Waals surface area contributed by atoms with Crippen LogP contribution in [-0.4, -0.2) is 30.3 Å². The van der Waals surface area contributed by atoms with Crippen molar-refractivity contribution in [3.05, 3.63) is 34.4 Å². The predicted octanol–water partition coefficient (Wildman–Crippen LogP) is 0.322. The molecule has 7 heteroatoms.